The largest absolute Gasteiger partial charge is 0.372 e. The second kappa shape index (κ2) is 5.37. The van der Waals surface area contributed by atoms with Crippen LogP contribution in [0.1, 0.15) is 30.4 Å². The van der Waals surface area contributed by atoms with Gasteiger partial charge in [0.05, 0.1) is 12.7 Å². The maximum Gasteiger partial charge on any atom is 0.0957 e. The number of rotatable bonds is 1. The molecule has 0 radical (unpaired) electrons. The van der Waals surface area contributed by atoms with Crippen molar-refractivity contribution in [3.8, 4) is 0 Å². The molecule has 0 aromatic carbocycles. The molecule has 13 heavy (non-hydrogen) atoms. The third-order valence-electron chi connectivity index (χ3n) is 1.99. The molecule has 1 aliphatic heterocycles. The quantitative estimate of drug-likeness (QED) is 0.753. The van der Waals surface area contributed by atoms with E-state index in [0.717, 1.165) is 13.0 Å². The topological polar surface area (TPSA) is 35.2 Å². The molecule has 1 unspecified atom stereocenters. The van der Waals surface area contributed by atoms with Gasteiger partial charge < -0.3 is 10.5 Å². The highest BCUT2D eigenvalue weighted by molar-refractivity contribution is 7.10. The lowest BCUT2D eigenvalue weighted by Gasteiger charge is -2.21. The van der Waals surface area contributed by atoms with Crippen LogP contribution in [0.5, 0.6) is 0 Å². The van der Waals surface area contributed by atoms with Crippen molar-refractivity contribution >= 4 is 11.3 Å². The summed E-state index contributed by atoms with van der Waals surface area (Å²) >= 11 is 1.81. The zero-order valence-electron chi connectivity index (χ0n) is 8.25. The molecule has 0 fully saturated rings. The van der Waals surface area contributed by atoms with E-state index in [1.54, 1.807) is 0 Å². The number of fused-ring (bicyclic) bond motifs is 1. The minimum atomic E-state index is 0.157. The monoisotopic (exact) mass is 199 g/mol. The summed E-state index contributed by atoms with van der Waals surface area (Å²) in [6.45, 7) is 5.43. The third-order valence-corrected chi connectivity index (χ3v) is 2.99. The Labute approximate surface area is 83.7 Å². The lowest BCUT2D eigenvalue weighted by molar-refractivity contribution is 0.0498. The van der Waals surface area contributed by atoms with E-state index in [2.05, 4.69) is 11.4 Å². The maximum absolute atomic E-state index is 5.56. The van der Waals surface area contributed by atoms with E-state index in [0.29, 0.717) is 6.54 Å². The van der Waals surface area contributed by atoms with Crippen LogP contribution in [0.4, 0.5) is 0 Å². The first-order chi connectivity index (χ1) is 6.42. The summed E-state index contributed by atoms with van der Waals surface area (Å²) in [5, 5.41) is 2.11. The van der Waals surface area contributed by atoms with Crippen LogP contribution >= 0.6 is 11.3 Å². The van der Waals surface area contributed by atoms with Crippen LogP contribution in [0, 0.1) is 0 Å². The number of ether oxygens (including phenoxy) is 1. The molecule has 1 atom stereocenters. The first-order valence-corrected chi connectivity index (χ1v) is 5.67. The summed E-state index contributed by atoms with van der Waals surface area (Å²) in [7, 11) is 0. The van der Waals surface area contributed by atoms with E-state index in [1.165, 1.54) is 10.4 Å². The first kappa shape index (κ1) is 10.7. The summed E-state index contributed by atoms with van der Waals surface area (Å²) in [6.07, 6.45) is 1.22. The highest BCUT2D eigenvalue weighted by Gasteiger charge is 2.19. The molecule has 3 heteroatoms. The van der Waals surface area contributed by atoms with E-state index in [1.807, 2.05) is 25.2 Å². The molecular formula is C10H17NOS. The average molecular weight is 199 g/mol. The van der Waals surface area contributed by atoms with E-state index >= 15 is 0 Å². The summed E-state index contributed by atoms with van der Waals surface area (Å²) in [5.41, 5.74) is 6.87. The SMILES string of the molecule is CC.NCC1OCCc2sccc21. The van der Waals surface area contributed by atoms with Crippen molar-refractivity contribution in [1.29, 1.82) is 0 Å². The average Bonchev–Trinajstić information content (AvgIpc) is 2.68. The van der Waals surface area contributed by atoms with Gasteiger partial charge in [0.2, 0.25) is 0 Å². The Bertz CT molecular complexity index is 247. The van der Waals surface area contributed by atoms with Gasteiger partial charge in [0, 0.05) is 17.8 Å². The van der Waals surface area contributed by atoms with E-state index in [4.69, 9.17) is 10.5 Å². The molecule has 0 saturated heterocycles. The Kier molecular flexibility index (Phi) is 4.42. The molecule has 1 aliphatic rings. The molecule has 0 aliphatic carbocycles. The molecule has 74 valence electrons. The second-order valence-corrected chi connectivity index (χ2v) is 3.64. The predicted molar refractivity (Wildman–Crippen MR) is 57.1 cm³/mol. The Morgan fingerprint density at radius 1 is 1.62 bits per heavy atom. The van der Waals surface area contributed by atoms with Gasteiger partial charge in [-0.2, -0.15) is 0 Å². The van der Waals surface area contributed by atoms with Crippen molar-refractivity contribution in [3.05, 3.63) is 21.9 Å². The first-order valence-electron chi connectivity index (χ1n) is 4.79. The van der Waals surface area contributed by atoms with E-state index in [9.17, 15) is 0 Å². The zero-order valence-corrected chi connectivity index (χ0v) is 9.06. The molecule has 2 rings (SSSR count). The third kappa shape index (κ3) is 2.30. The standard InChI is InChI=1S/C8H11NOS.C2H6/c9-5-7-6-2-4-11-8(6)1-3-10-7;1-2/h2,4,7H,1,3,5,9H2;1-2H3. The van der Waals surface area contributed by atoms with Gasteiger partial charge in [-0.1, -0.05) is 13.8 Å². The highest BCUT2D eigenvalue weighted by Crippen LogP contribution is 2.29. The molecule has 0 saturated carbocycles. The number of thiophene rings is 1. The Morgan fingerprint density at radius 3 is 3.08 bits per heavy atom. The van der Waals surface area contributed by atoms with Crippen molar-refractivity contribution in [1.82, 2.24) is 0 Å². The number of hydrogen-bond acceptors (Lipinski definition) is 3. The van der Waals surface area contributed by atoms with Crippen molar-refractivity contribution in [2.24, 2.45) is 5.73 Å². The Hall–Kier alpha value is -0.380. The molecule has 0 amide bonds. The predicted octanol–water partition coefficient (Wildman–Crippen LogP) is 2.35. The summed E-state index contributed by atoms with van der Waals surface area (Å²) < 4.78 is 5.49. The maximum atomic E-state index is 5.56. The minimum absolute atomic E-state index is 0.157. The fourth-order valence-corrected chi connectivity index (χ4v) is 2.33. The lowest BCUT2D eigenvalue weighted by atomic mass is 10.1. The highest BCUT2D eigenvalue weighted by atomic mass is 32.1. The van der Waals surface area contributed by atoms with Gasteiger partial charge in [0.25, 0.3) is 0 Å². The number of nitrogens with two attached hydrogens (primary N) is 1. The molecule has 1 aromatic heterocycles. The fraction of sp³-hybridized carbons (Fsp3) is 0.600. The van der Waals surface area contributed by atoms with Gasteiger partial charge in [-0.25, -0.2) is 0 Å². The zero-order chi connectivity index (χ0) is 9.68. The summed E-state index contributed by atoms with van der Waals surface area (Å²) in [6, 6.07) is 2.12. The van der Waals surface area contributed by atoms with Crippen molar-refractivity contribution < 1.29 is 4.74 Å². The van der Waals surface area contributed by atoms with Crippen LogP contribution in [0.15, 0.2) is 11.4 Å². The smallest absolute Gasteiger partial charge is 0.0957 e. The number of hydrogen-bond donors (Lipinski definition) is 1. The van der Waals surface area contributed by atoms with Crippen LogP contribution in [0.2, 0.25) is 0 Å². The van der Waals surface area contributed by atoms with Crippen molar-refractivity contribution in [2.75, 3.05) is 13.2 Å². The van der Waals surface area contributed by atoms with Crippen LogP contribution < -0.4 is 5.73 Å². The Balaban J connectivity index is 0.000000396. The molecule has 2 heterocycles. The fourth-order valence-electron chi connectivity index (χ4n) is 1.42. The van der Waals surface area contributed by atoms with Crippen LogP contribution in [-0.2, 0) is 11.2 Å². The summed E-state index contributed by atoms with van der Waals surface area (Å²) in [4.78, 5) is 1.45. The lowest BCUT2D eigenvalue weighted by Crippen LogP contribution is -2.21. The molecule has 0 bridgehead atoms. The van der Waals surface area contributed by atoms with Crippen molar-refractivity contribution in [3.63, 3.8) is 0 Å². The molecule has 2 nitrogen and oxygen atoms in total. The van der Waals surface area contributed by atoms with Gasteiger partial charge in [-0.05, 0) is 17.0 Å². The molecule has 1 aromatic rings. The molecule has 0 spiro atoms. The van der Waals surface area contributed by atoms with Crippen molar-refractivity contribution in [2.45, 2.75) is 26.4 Å². The van der Waals surface area contributed by atoms with Gasteiger partial charge >= 0.3 is 0 Å². The second-order valence-electron chi connectivity index (χ2n) is 2.64. The van der Waals surface area contributed by atoms with Crippen LogP contribution in [-0.4, -0.2) is 13.2 Å². The minimum Gasteiger partial charge on any atom is -0.372 e. The van der Waals surface area contributed by atoms with Gasteiger partial charge in [-0.3, -0.25) is 0 Å². The van der Waals surface area contributed by atoms with Gasteiger partial charge in [0.1, 0.15) is 0 Å². The molecule has 2 N–H and O–H groups in total. The summed E-state index contributed by atoms with van der Waals surface area (Å²) in [5.74, 6) is 0. The normalized spacial score (nSPS) is 20.1. The van der Waals surface area contributed by atoms with Crippen LogP contribution in [0.3, 0.4) is 0 Å². The Morgan fingerprint density at radius 2 is 2.38 bits per heavy atom. The van der Waals surface area contributed by atoms with E-state index < -0.39 is 0 Å². The van der Waals surface area contributed by atoms with Gasteiger partial charge in [-0.15, -0.1) is 11.3 Å². The van der Waals surface area contributed by atoms with E-state index in [-0.39, 0.29) is 6.10 Å². The van der Waals surface area contributed by atoms with Gasteiger partial charge in [0.15, 0.2) is 0 Å². The molecular weight excluding hydrogens is 182 g/mol. The van der Waals surface area contributed by atoms with Crippen LogP contribution in [0.25, 0.3) is 0 Å².